The molecule has 30 heavy (non-hydrogen) atoms. The molecule has 160 valence electrons. The number of hydrogen-bond acceptors (Lipinski definition) is 5. The number of carbonyl (C=O) groups excluding carboxylic acids is 1. The third kappa shape index (κ3) is 5.33. The molecule has 2 rings (SSSR count). The Kier molecular flexibility index (Phi) is 6.52. The van der Waals surface area contributed by atoms with Crippen molar-refractivity contribution in [2.75, 3.05) is 0 Å². The SMILES string of the molecule is CC(C)(Oc1cc(C=CC(=O)c2ccc(Cl)cc2O)cc(C(C)(C)C)c1O)C(=O)O. The maximum absolute atomic E-state index is 12.5. The van der Waals surface area contributed by atoms with Gasteiger partial charge in [-0.05, 0) is 61.2 Å². The normalized spacial score (nSPS) is 12.2. The molecule has 0 aliphatic rings. The van der Waals surface area contributed by atoms with E-state index in [1.807, 2.05) is 20.8 Å². The first kappa shape index (κ1) is 23.3. The summed E-state index contributed by atoms with van der Waals surface area (Å²) >= 11 is 5.79. The Balaban J connectivity index is 2.48. The molecule has 2 aromatic carbocycles. The summed E-state index contributed by atoms with van der Waals surface area (Å²) < 4.78 is 5.57. The molecule has 0 aliphatic heterocycles. The molecule has 0 radical (unpaired) electrons. The molecule has 0 amide bonds. The van der Waals surface area contributed by atoms with Gasteiger partial charge in [0.05, 0.1) is 5.56 Å². The van der Waals surface area contributed by atoms with Gasteiger partial charge in [-0.15, -0.1) is 0 Å². The van der Waals surface area contributed by atoms with E-state index in [-0.39, 0.29) is 22.8 Å². The summed E-state index contributed by atoms with van der Waals surface area (Å²) in [6.45, 7) is 8.41. The summed E-state index contributed by atoms with van der Waals surface area (Å²) in [4.78, 5) is 23.9. The van der Waals surface area contributed by atoms with Crippen molar-refractivity contribution in [1.29, 1.82) is 0 Å². The van der Waals surface area contributed by atoms with Crippen LogP contribution in [0.4, 0.5) is 0 Å². The molecule has 0 heterocycles. The molecule has 2 aromatic rings. The minimum Gasteiger partial charge on any atom is -0.507 e. The van der Waals surface area contributed by atoms with Crippen molar-refractivity contribution in [3.05, 3.63) is 58.1 Å². The number of phenols is 2. The third-order valence-electron chi connectivity index (χ3n) is 4.44. The van der Waals surface area contributed by atoms with Gasteiger partial charge < -0.3 is 20.1 Å². The molecule has 6 nitrogen and oxygen atoms in total. The van der Waals surface area contributed by atoms with Crippen LogP contribution in [0.25, 0.3) is 6.08 Å². The first-order valence-electron chi connectivity index (χ1n) is 9.23. The second kappa shape index (κ2) is 8.40. The molecule has 7 heteroatoms. The average molecular weight is 433 g/mol. The van der Waals surface area contributed by atoms with E-state index in [4.69, 9.17) is 16.3 Å². The Morgan fingerprint density at radius 3 is 2.20 bits per heavy atom. The van der Waals surface area contributed by atoms with Crippen LogP contribution < -0.4 is 4.74 Å². The maximum Gasteiger partial charge on any atom is 0.347 e. The van der Waals surface area contributed by atoms with E-state index in [1.165, 1.54) is 50.3 Å². The molecule has 0 fully saturated rings. The molecule has 0 atom stereocenters. The quantitative estimate of drug-likeness (QED) is 0.428. The predicted octanol–water partition coefficient (Wildman–Crippen LogP) is 5.19. The van der Waals surface area contributed by atoms with Crippen LogP contribution in [0.1, 0.15) is 56.1 Å². The van der Waals surface area contributed by atoms with Crippen molar-refractivity contribution >= 4 is 29.4 Å². The van der Waals surface area contributed by atoms with Gasteiger partial charge in [0.15, 0.2) is 22.9 Å². The van der Waals surface area contributed by atoms with E-state index in [0.29, 0.717) is 16.1 Å². The number of benzene rings is 2. The smallest absolute Gasteiger partial charge is 0.347 e. The summed E-state index contributed by atoms with van der Waals surface area (Å²) in [5.41, 5.74) is -0.898. The fraction of sp³-hybridized carbons (Fsp3) is 0.304. The van der Waals surface area contributed by atoms with Gasteiger partial charge in [-0.2, -0.15) is 0 Å². The highest BCUT2D eigenvalue weighted by Gasteiger charge is 2.32. The van der Waals surface area contributed by atoms with Gasteiger partial charge in [-0.3, -0.25) is 4.79 Å². The second-order valence-electron chi connectivity index (χ2n) is 8.44. The van der Waals surface area contributed by atoms with Gasteiger partial charge in [0.2, 0.25) is 0 Å². The number of allylic oxidation sites excluding steroid dienone is 1. The number of aliphatic carboxylic acids is 1. The van der Waals surface area contributed by atoms with E-state index >= 15 is 0 Å². The Bertz CT molecular complexity index is 1020. The number of carbonyl (C=O) groups is 2. The van der Waals surface area contributed by atoms with E-state index in [2.05, 4.69) is 0 Å². The van der Waals surface area contributed by atoms with Crippen LogP contribution in [0, 0.1) is 0 Å². The molecule has 3 N–H and O–H groups in total. The Morgan fingerprint density at radius 1 is 1.03 bits per heavy atom. The number of carboxylic acids is 1. The van der Waals surface area contributed by atoms with Crippen LogP contribution in [0.3, 0.4) is 0 Å². The Morgan fingerprint density at radius 2 is 1.67 bits per heavy atom. The van der Waals surface area contributed by atoms with E-state index in [9.17, 15) is 24.9 Å². The van der Waals surface area contributed by atoms with Gasteiger partial charge in [0.1, 0.15) is 5.75 Å². The van der Waals surface area contributed by atoms with Crippen molar-refractivity contribution in [2.45, 2.75) is 45.6 Å². The number of carboxylic acid groups (broad SMARTS) is 1. The average Bonchev–Trinajstić information content (AvgIpc) is 2.60. The van der Waals surface area contributed by atoms with Gasteiger partial charge in [0.25, 0.3) is 0 Å². The number of halogens is 1. The number of phenolic OH excluding ortho intramolecular Hbond substituents is 2. The fourth-order valence-electron chi connectivity index (χ4n) is 2.67. The molecule has 0 aliphatic carbocycles. The van der Waals surface area contributed by atoms with Crippen molar-refractivity contribution in [1.82, 2.24) is 0 Å². The zero-order valence-electron chi connectivity index (χ0n) is 17.5. The number of aromatic hydroxyl groups is 2. The Labute approximate surface area is 180 Å². The minimum atomic E-state index is -1.57. The lowest BCUT2D eigenvalue weighted by molar-refractivity contribution is -0.152. The van der Waals surface area contributed by atoms with Gasteiger partial charge >= 0.3 is 5.97 Å². The topological polar surface area (TPSA) is 104 Å². The van der Waals surface area contributed by atoms with Gasteiger partial charge in [0, 0.05) is 10.6 Å². The fourth-order valence-corrected chi connectivity index (χ4v) is 2.83. The summed E-state index contributed by atoms with van der Waals surface area (Å²) in [5.74, 6) is -2.02. The van der Waals surface area contributed by atoms with Crippen LogP contribution in [-0.2, 0) is 10.2 Å². The van der Waals surface area contributed by atoms with Gasteiger partial charge in [-0.25, -0.2) is 4.79 Å². The molecule has 0 saturated carbocycles. The molecular formula is C23H25ClO6. The maximum atomic E-state index is 12.5. The van der Waals surface area contributed by atoms with Crippen molar-refractivity contribution in [3.63, 3.8) is 0 Å². The lowest BCUT2D eigenvalue weighted by Gasteiger charge is -2.26. The molecule has 0 spiro atoms. The lowest BCUT2D eigenvalue weighted by atomic mass is 9.85. The van der Waals surface area contributed by atoms with Crippen LogP contribution >= 0.6 is 11.6 Å². The molecule has 0 saturated heterocycles. The van der Waals surface area contributed by atoms with Crippen LogP contribution in [0.5, 0.6) is 17.2 Å². The summed E-state index contributed by atoms with van der Waals surface area (Å²) in [6, 6.07) is 7.36. The summed E-state index contributed by atoms with van der Waals surface area (Å²) in [7, 11) is 0. The van der Waals surface area contributed by atoms with Crippen LogP contribution in [-0.4, -0.2) is 32.7 Å². The first-order valence-corrected chi connectivity index (χ1v) is 9.61. The minimum absolute atomic E-state index is 0.00346. The molecule has 0 unspecified atom stereocenters. The standard InChI is InChI=1S/C23H25ClO6/c1-22(2,3)16-10-13(11-19(20(16)27)30-23(4,5)21(28)29)6-9-17(25)15-8-7-14(24)12-18(15)26/h6-12,26-27H,1-5H3,(H,28,29). The zero-order valence-corrected chi connectivity index (χ0v) is 18.2. The highest BCUT2D eigenvalue weighted by molar-refractivity contribution is 6.31. The molecule has 0 aromatic heterocycles. The van der Waals surface area contributed by atoms with E-state index in [1.54, 1.807) is 6.07 Å². The number of rotatable bonds is 6. The highest BCUT2D eigenvalue weighted by atomic mass is 35.5. The second-order valence-corrected chi connectivity index (χ2v) is 8.88. The van der Waals surface area contributed by atoms with E-state index < -0.39 is 22.8 Å². The van der Waals surface area contributed by atoms with E-state index in [0.717, 1.165) is 0 Å². The largest absolute Gasteiger partial charge is 0.507 e. The predicted molar refractivity (Wildman–Crippen MR) is 116 cm³/mol. The molecular weight excluding hydrogens is 408 g/mol. The van der Waals surface area contributed by atoms with Crippen molar-refractivity contribution < 1.29 is 29.6 Å². The number of ketones is 1. The van der Waals surface area contributed by atoms with Gasteiger partial charge in [-0.1, -0.05) is 38.4 Å². The van der Waals surface area contributed by atoms with Crippen LogP contribution in [0.2, 0.25) is 5.02 Å². The monoisotopic (exact) mass is 432 g/mol. The first-order chi connectivity index (χ1) is 13.7. The third-order valence-corrected chi connectivity index (χ3v) is 4.67. The lowest BCUT2D eigenvalue weighted by Crippen LogP contribution is -2.38. The van der Waals surface area contributed by atoms with Crippen molar-refractivity contribution in [3.8, 4) is 17.2 Å². The zero-order chi connectivity index (χ0) is 22.9. The summed E-state index contributed by atoms with van der Waals surface area (Å²) in [5, 5.41) is 30.2. The summed E-state index contributed by atoms with van der Waals surface area (Å²) in [6.07, 6.45) is 2.78. The number of ether oxygens (including phenoxy) is 1. The Hall–Kier alpha value is -2.99. The number of hydrogen-bond donors (Lipinski definition) is 3. The highest BCUT2D eigenvalue weighted by Crippen LogP contribution is 2.40. The van der Waals surface area contributed by atoms with Crippen LogP contribution in [0.15, 0.2) is 36.4 Å². The van der Waals surface area contributed by atoms with Crippen molar-refractivity contribution in [2.24, 2.45) is 0 Å². The molecule has 0 bridgehead atoms.